The summed E-state index contributed by atoms with van der Waals surface area (Å²) in [5.74, 6) is -0.486. The van der Waals surface area contributed by atoms with Crippen LogP contribution in [0.2, 0.25) is 0 Å². The van der Waals surface area contributed by atoms with E-state index in [4.69, 9.17) is 9.84 Å². The maximum atomic E-state index is 11.2. The first-order valence-corrected chi connectivity index (χ1v) is 5.19. The lowest BCUT2D eigenvalue weighted by atomic mass is 9.94. The zero-order chi connectivity index (χ0) is 11.3. The van der Waals surface area contributed by atoms with Gasteiger partial charge in [0.15, 0.2) is 0 Å². The number of hydrogen-bond donors (Lipinski definition) is 1. The number of benzene rings is 1. The largest absolute Gasteiger partial charge is 0.481 e. The molecule has 0 spiro atoms. The molecule has 1 aromatic carbocycles. The molecule has 16 heavy (non-hydrogen) atoms. The lowest BCUT2D eigenvalue weighted by molar-refractivity contribution is -0.140. The first-order valence-electron chi connectivity index (χ1n) is 5.19. The molecule has 1 N–H and O–H groups in total. The summed E-state index contributed by atoms with van der Waals surface area (Å²) >= 11 is 0. The number of ether oxygens (including phenoxy) is 1. The number of aliphatic carboxylic acids is 1. The minimum atomic E-state index is -0.780. The van der Waals surface area contributed by atoms with Gasteiger partial charge in [0, 0.05) is 5.56 Å². The fraction of sp³-hybridized carbons (Fsp3) is 0.333. The van der Waals surface area contributed by atoms with Gasteiger partial charge in [0.25, 0.3) is 0 Å². The highest BCUT2D eigenvalue weighted by molar-refractivity contribution is 5.86. The Bertz CT molecular complexity index is 500. The molecule has 0 saturated heterocycles. The zero-order valence-electron chi connectivity index (χ0n) is 8.53. The average molecular weight is 218 g/mol. The highest BCUT2D eigenvalue weighted by Crippen LogP contribution is 2.49. The van der Waals surface area contributed by atoms with E-state index in [2.05, 4.69) is 0 Å². The van der Waals surface area contributed by atoms with Crippen LogP contribution in [0.3, 0.4) is 0 Å². The fourth-order valence-corrected chi connectivity index (χ4v) is 2.18. The Morgan fingerprint density at radius 3 is 2.75 bits per heavy atom. The monoisotopic (exact) mass is 218 g/mol. The van der Waals surface area contributed by atoms with Crippen molar-refractivity contribution in [2.45, 2.75) is 24.7 Å². The number of esters is 1. The van der Waals surface area contributed by atoms with Gasteiger partial charge in [-0.05, 0) is 24.5 Å². The van der Waals surface area contributed by atoms with E-state index in [9.17, 15) is 9.59 Å². The fourth-order valence-electron chi connectivity index (χ4n) is 2.18. The summed E-state index contributed by atoms with van der Waals surface area (Å²) in [5, 5.41) is 9.16. The summed E-state index contributed by atoms with van der Waals surface area (Å²) in [6, 6.07) is 5.23. The van der Waals surface area contributed by atoms with E-state index in [0.29, 0.717) is 18.6 Å². The van der Waals surface area contributed by atoms with Crippen molar-refractivity contribution < 1.29 is 19.4 Å². The van der Waals surface area contributed by atoms with E-state index >= 15 is 0 Å². The van der Waals surface area contributed by atoms with E-state index < -0.39 is 11.4 Å². The summed E-state index contributed by atoms with van der Waals surface area (Å²) in [5.41, 5.74) is 0.882. The smallest absolute Gasteiger partial charge is 0.315 e. The predicted octanol–water partition coefficient (Wildman–Crippen LogP) is 1.26. The SMILES string of the molecule is O=C1Cc2cc(C3(C(=O)O)CC3)ccc2O1. The first kappa shape index (κ1) is 9.39. The van der Waals surface area contributed by atoms with Gasteiger partial charge in [0.2, 0.25) is 0 Å². The van der Waals surface area contributed by atoms with Gasteiger partial charge in [-0.3, -0.25) is 9.59 Å². The second-order valence-corrected chi connectivity index (χ2v) is 4.36. The van der Waals surface area contributed by atoms with Crippen LogP contribution in [0.4, 0.5) is 0 Å². The van der Waals surface area contributed by atoms with Crippen molar-refractivity contribution in [3.63, 3.8) is 0 Å². The number of carbonyl (C=O) groups excluding carboxylic acids is 1. The number of carboxylic acids is 1. The Balaban J connectivity index is 2.03. The third-order valence-corrected chi connectivity index (χ3v) is 3.33. The quantitative estimate of drug-likeness (QED) is 0.599. The minimum absolute atomic E-state index is 0.249. The van der Waals surface area contributed by atoms with Crippen molar-refractivity contribution in [2.75, 3.05) is 0 Å². The van der Waals surface area contributed by atoms with Crippen LogP contribution in [0.25, 0.3) is 0 Å². The standard InChI is InChI=1S/C12H10O4/c13-10-6-7-5-8(1-2-9(7)16-10)12(3-4-12)11(14)15/h1-2,5H,3-4,6H2,(H,14,15). The first-order chi connectivity index (χ1) is 7.62. The topological polar surface area (TPSA) is 63.6 Å². The van der Waals surface area contributed by atoms with E-state index in [1.165, 1.54) is 0 Å². The third-order valence-electron chi connectivity index (χ3n) is 3.33. The van der Waals surface area contributed by atoms with Gasteiger partial charge in [-0.1, -0.05) is 12.1 Å². The molecule has 0 atom stereocenters. The summed E-state index contributed by atoms with van der Waals surface area (Å²) in [6.45, 7) is 0. The molecule has 2 aliphatic rings. The van der Waals surface area contributed by atoms with Crippen LogP contribution in [0, 0.1) is 0 Å². The minimum Gasteiger partial charge on any atom is -0.481 e. The van der Waals surface area contributed by atoms with Crippen molar-refractivity contribution in [3.8, 4) is 5.75 Å². The highest BCUT2D eigenvalue weighted by Gasteiger charge is 2.52. The van der Waals surface area contributed by atoms with Gasteiger partial charge in [-0.25, -0.2) is 0 Å². The van der Waals surface area contributed by atoms with Crippen LogP contribution in [0.5, 0.6) is 5.75 Å². The molecular formula is C12H10O4. The van der Waals surface area contributed by atoms with E-state index in [0.717, 1.165) is 11.1 Å². The number of hydrogen-bond acceptors (Lipinski definition) is 3. The third kappa shape index (κ3) is 1.16. The van der Waals surface area contributed by atoms with Crippen LogP contribution >= 0.6 is 0 Å². The Morgan fingerprint density at radius 1 is 1.38 bits per heavy atom. The maximum absolute atomic E-state index is 11.2. The molecule has 4 nitrogen and oxygen atoms in total. The Morgan fingerprint density at radius 2 is 2.12 bits per heavy atom. The Hall–Kier alpha value is -1.84. The molecule has 1 heterocycles. The van der Waals surface area contributed by atoms with E-state index in [1.54, 1.807) is 18.2 Å². The molecule has 0 amide bonds. The zero-order valence-corrected chi connectivity index (χ0v) is 8.53. The molecule has 0 radical (unpaired) electrons. The molecule has 0 unspecified atom stereocenters. The van der Waals surface area contributed by atoms with Crippen LogP contribution < -0.4 is 4.74 Å². The van der Waals surface area contributed by atoms with Gasteiger partial charge in [-0.15, -0.1) is 0 Å². The van der Waals surface area contributed by atoms with Gasteiger partial charge in [0.1, 0.15) is 5.75 Å². The maximum Gasteiger partial charge on any atom is 0.315 e. The van der Waals surface area contributed by atoms with Crippen molar-refractivity contribution in [3.05, 3.63) is 29.3 Å². The van der Waals surface area contributed by atoms with Crippen molar-refractivity contribution in [1.82, 2.24) is 0 Å². The van der Waals surface area contributed by atoms with Crippen molar-refractivity contribution in [1.29, 1.82) is 0 Å². The molecule has 1 fully saturated rings. The lowest BCUT2D eigenvalue weighted by Gasteiger charge is -2.10. The van der Waals surface area contributed by atoms with Crippen LogP contribution in [0.1, 0.15) is 24.0 Å². The van der Waals surface area contributed by atoms with Crippen LogP contribution in [-0.4, -0.2) is 17.0 Å². The number of fused-ring (bicyclic) bond motifs is 1. The van der Waals surface area contributed by atoms with Crippen LogP contribution in [0.15, 0.2) is 18.2 Å². The van der Waals surface area contributed by atoms with E-state index in [1.807, 2.05) is 0 Å². The number of carbonyl (C=O) groups is 2. The highest BCUT2D eigenvalue weighted by atomic mass is 16.5. The molecule has 1 aliphatic carbocycles. The molecule has 3 rings (SSSR count). The molecule has 1 aliphatic heterocycles. The molecule has 0 bridgehead atoms. The summed E-state index contributed by atoms with van der Waals surface area (Å²) in [4.78, 5) is 22.2. The van der Waals surface area contributed by atoms with Gasteiger partial charge < -0.3 is 9.84 Å². The average Bonchev–Trinajstić information content (AvgIpc) is 2.95. The summed E-state index contributed by atoms with van der Waals surface area (Å²) in [7, 11) is 0. The molecule has 0 aromatic heterocycles. The number of rotatable bonds is 2. The second-order valence-electron chi connectivity index (χ2n) is 4.36. The molecule has 82 valence electrons. The Labute approximate surface area is 91.8 Å². The summed E-state index contributed by atoms with van der Waals surface area (Å²) in [6.07, 6.45) is 1.60. The second kappa shape index (κ2) is 2.84. The lowest BCUT2D eigenvalue weighted by Crippen LogP contribution is -2.19. The summed E-state index contributed by atoms with van der Waals surface area (Å²) < 4.78 is 4.97. The number of carboxylic acid groups (broad SMARTS) is 1. The molecule has 4 heteroatoms. The van der Waals surface area contributed by atoms with Crippen LogP contribution in [-0.2, 0) is 21.4 Å². The predicted molar refractivity (Wildman–Crippen MR) is 54.3 cm³/mol. The molecule has 1 aromatic rings. The molecular weight excluding hydrogens is 208 g/mol. The van der Waals surface area contributed by atoms with Gasteiger partial charge >= 0.3 is 11.9 Å². The normalized spacial score (nSPS) is 20.1. The Kier molecular flexibility index (Phi) is 1.67. The molecule has 1 saturated carbocycles. The van der Waals surface area contributed by atoms with Gasteiger partial charge in [0.05, 0.1) is 11.8 Å². The van der Waals surface area contributed by atoms with E-state index in [-0.39, 0.29) is 12.4 Å². The van der Waals surface area contributed by atoms with Crippen molar-refractivity contribution >= 4 is 11.9 Å². The van der Waals surface area contributed by atoms with Crippen molar-refractivity contribution in [2.24, 2.45) is 0 Å². The van der Waals surface area contributed by atoms with Gasteiger partial charge in [-0.2, -0.15) is 0 Å².